The number of hydrogen-bond donors (Lipinski definition) is 1. The number of carbonyl (C=O) groups is 2. The normalized spacial score (nSPS) is 15.7. The van der Waals surface area contributed by atoms with Gasteiger partial charge in [0, 0.05) is 17.1 Å². The standard InChI is InChI=1S/C28H23NO6/c1-3-34-20-13-8-12-19(16-20)29-24(17-9-5-4-6-10-17)23(26(31)28(29)32)25(30)22-15-18-11-7-14-21(33-2)27(18)35-22/h4-16,24,31H,3H2,1-2H3. The molecule has 1 aliphatic rings. The molecule has 1 unspecified atom stereocenters. The van der Waals surface area contributed by atoms with Gasteiger partial charge in [-0.3, -0.25) is 14.5 Å². The Kier molecular flexibility index (Phi) is 5.74. The summed E-state index contributed by atoms with van der Waals surface area (Å²) in [6.07, 6.45) is 0. The van der Waals surface area contributed by atoms with Gasteiger partial charge in [-0.25, -0.2) is 0 Å². The second kappa shape index (κ2) is 9.02. The predicted molar refractivity (Wildman–Crippen MR) is 131 cm³/mol. The molecule has 1 amide bonds. The van der Waals surface area contributed by atoms with Gasteiger partial charge < -0.3 is 19.0 Å². The van der Waals surface area contributed by atoms with Gasteiger partial charge in [0.15, 0.2) is 22.9 Å². The number of hydrogen-bond acceptors (Lipinski definition) is 6. The fraction of sp³-hybridized carbons (Fsp3) is 0.143. The number of furan rings is 1. The van der Waals surface area contributed by atoms with E-state index >= 15 is 0 Å². The third-order valence-electron chi connectivity index (χ3n) is 5.93. The van der Waals surface area contributed by atoms with Crippen molar-refractivity contribution in [1.29, 1.82) is 0 Å². The van der Waals surface area contributed by atoms with E-state index in [9.17, 15) is 14.7 Å². The molecule has 1 atom stereocenters. The minimum absolute atomic E-state index is 0.00435. The highest BCUT2D eigenvalue weighted by Gasteiger charge is 2.45. The lowest BCUT2D eigenvalue weighted by molar-refractivity contribution is -0.117. The van der Waals surface area contributed by atoms with Crippen molar-refractivity contribution in [3.63, 3.8) is 0 Å². The molecule has 0 bridgehead atoms. The summed E-state index contributed by atoms with van der Waals surface area (Å²) in [5, 5.41) is 11.6. The maximum atomic E-state index is 13.7. The van der Waals surface area contributed by atoms with Gasteiger partial charge in [-0.2, -0.15) is 0 Å². The number of amides is 1. The highest BCUT2D eigenvalue weighted by molar-refractivity contribution is 6.20. The van der Waals surface area contributed by atoms with Crippen molar-refractivity contribution in [3.05, 3.63) is 102 Å². The first-order valence-corrected chi connectivity index (χ1v) is 11.2. The number of benzene rings is 3. The van der Waals surface area contributed by atoms with Crippen LogP contribution in [0.5, 0.6) is 11.5 Å². The number of aliphatic hydroxyl groups excluding tert-OH is 1. The Morgan fingerprint density at radius 3 is 2.54 bits per heavy atom. The van der Waals surface area contributed by atoms with Gasteiger partial charge in [0.2, 0.25) is 5.78 Å². The lowest BCUT2D eigenvalue weighted by Crippen LogP contribution is -2.31. The van der Waals surface area contributed by atoms with Crippen molar-refractivity contribution in [2.45, 2.75) is 13.0 Å². The topological polar surface area (TPSA) is 89.2 Å². The number of fused-ring (bicyclic) bond motifs is 1. The van der Waals surface area contributed by atoms with Crippen molar-refractivity contribution in [2.75, 3.05) is 18.6 Å². The van der Waals surface area contributed by atoms with Crippen LogP contribution < -0.4 is 14.4 Å². The van der Waals surface area contributed by atoms with Crippen LogP contribution in [0.25, 0.3) is 11.0 Å². The maximum Gasteiger partial charge on any atom is 0.294 e. The largest absolute Gasteiger partial charge is 0.503 e. The molecule has 4 aromatic rings. The fourth-order valence-electron chi connectivity index (χ4n) is 4.39. The van der Waals surface area contributed by atoms with Gasteiger partial charge in [-0.05, 0) is 36.8 Å². The zero-order valence-electron chi connectivity index (χ0n) is 19.2. The molecule has 0 saturated carbocycles. The number of aliphatic hydroxyl groups is 1. The van der Waals surface area contributed by atoms with E-state index in [0.29, 0.717) is 40.3 Å². The van der Waals surface area contributed by atoms with Crippen molar-refractivity contribution in [3.8, 4) is 11.5 Å². The summed E-state index contributed by atoms with van der Waals surface area (Å²) >= 11 is 0. The van der Waals surface area contributed by atoms with E-state index in [1.54, 1.807) is 48.5 Å². The van der Waals surface area contributed by atoms with Crippen LogP contribution in [0.3, 0.4) is 0 Å². The van der Waals surface area contributed by atoms with Gasteiger partial charge in [-0.15, -0.1) is 0 Å². The molecule has 176 valence electrons. The first-order chi connectivity index (χ1) is 17.0. The number of nitrogens with zero attached hydrogens (tertiary/aromatic N) is 1. The van der Waals surface area contributed by atoms with Crippen LogP contribution >= 0.6 is 0 Å². The van der Waals surface area contributed by atoms with Crippen LogP contribution in [-0.2, 0) is 4.79 Å². The van der Waals surface area contributed by atoms with Crippen LogP contribution in [-0.4, -0.2) is 30.5 Å². The second-order valence-corrected chi connectivity index (χ2v) is 8.00. The number of ether oxygens (including phenoxy) is 2. The van der Waals surface area contributed by atoms with Crippen LogP contribution in [0.15, 0.2) is 94.6 Å². The second-order valence-electron chi connectivity index (χ2n) is 8.00. The molecule has 1 aromatic heterocycles. The van der Waals surface area contributed by atoms with E-state index in [0.717, 1.165) is 0 Å². The summed E-state index contributed by atoms with van der Waals surface area (Å²) in [4.78, 5) is 28.5. The first kappa shape index (κ1) is 22.3. The molecule has 0 fully saturated rings. The molecule has 0 radical (unpaired) electrons. The number of carbonyl (C=O) groups excluding carboxylic acids is 2. The molecule has 2 heterocycles. The van der Waals surface area contributed by atoms with Crippen LogP contribution in [0.2, 0.25) is 0 Å². The van der Waals surface area contributed by atoms with Crippen molar-refractivity contribution in [1.82, 2.24) is 0 Å². The summed E-state index contributed by atoms with van der Waals surface area (Å²) in [6.45, 7) is 2.33. The Morgan fingerprint density at radius 2 is 1.80 bits per heavy atom. The molecular formula is C28H23NO6. The number of rotatable bonds is 7. The quantitative estimate of drug-likeness (QED) is 0.353. The van der Waals surface area contributed by atoms with Crippen molar-refractivity contribution >= 4 is 28.3 Å². The molecule has 35 heavy (non-hydrogen) atoms. The average molecular weight is 469 g/mol. The number of anilines is 1. The van der Waals surface area contributed by atoms with Gasteiger partial charge in [0.05, 0.1) is 25.3 Å². The number of ketones is 1. The lowest BCUT2D eigenvalue weighted by atomic mass is 9.95. The molecule has 3 aromatic carbocycles. The van der Waals surface area contributed by atoms with Gasteiger partial charge >= 0.3 is 0 Å². The molecule has 0 saturated heterocycles. The highest BCUT2D eigenvalue weighted by atomic mass is 16.5. The fourth-order valence-corrected chi connectivity index (χ4v) is 4.39. The van der Waals surface area contributed by atoms with E-state index in [-0.39, 0.29) is 11.3 Å². The molecular weight excluding hydrogens is 446 g/mol. The molecule has 1 N–H and O–H groups in total. The predicted octanol–water partition coefficient (Wildman–Crippen LogP) is 5.62. The zero-order chi connectivity index (χ0) is 24.5. The summed E-state index contributed by atoms with van der Waals surface area (Å²) in [5.41, 5.74) is 1.53. The van der Waals surface area contributed by atoms with Crippen LogP contribution in [0.1, 0.15) is 29.1 Å². The van der Waals surface area contributed by atoms with Gasteiger partial charge in [0.25, 0.3) is 5.91 Å². The first-order valence-electron chi connectivity index (χ1n) is 11.2. The number of para-hydroxylation sites is 1. The Bertz CT molecular complexity index is 1450. The zero-order valence-corrected chi connectivity index (χ0v) is 19.2. The minimum atomic E-state index is -0.858. The Balaban J connectivity index is 1.64. The molecule has 0 spiro atoms. The van der Waals surface area contributed by atoms with Gasteiger partial charge in [-0.1, -0.05) is 48.5 Å². The Labute approximate surface area is 201 Å². The van der Waals surface area contributed by atoms with E-state index in [2.05, 4.69) is 0 Å². The lowest BCUT2D eigenvalue weighted by Gasteiger charge is -2.27. The van der Waals surface area contributed by atoms with E-state index in [1.807, 2.05) is 37.3 Å². The summed E-state index contributed by atoms with van der Waals surface area (Å²) in [7, 11) is 1.52. The van der Waals surface area contributed by atoms with E-state index in [1.165, 1.54) is 12.0 Å². The molecule has 7 nitrogen and oxygen atoms in total. The highest BCUT2D eigenvalue weighted by Crippen LogP contribution is 2.43. The molecule has 0 aliphatic carbocycles. The summed E-state index contributed by atoms with van der Waals surface area (Å²) in [6, 6.07) is 22.2. The Morgan fingerprint density at radius 1 is 1.03 bits per heavy atom. The SMILES string of the molecule is CCOc1cccc(N2C(=O)C(O)=C(C(=O)c3cc4cccc(OC)c4o3)C2c2ccccc2)c1. The minimum Gasteiger partial charge on any atom is -0.503 e. The molecule has 7 heteroatoms. The van der Waals surface area contributed by atoms with E-state index < -0.39 is 23.5 Å². The third-order valence-corrected chi connectivity index (χ3v) is 5.93. The van der Waals surface area contributed by atoms with Crippen molar-refractivity contribution < 1.29 is 28.6 Å². The summed E-state index contributed by atoms with van der Waals surface area (Å²) < 4.78 is 16.8. The Hall–Kier alpha value is -4.52. The smallest absolute Gasteiger partial charge is 0.294 e. The molecule has 5 rings (SSSR count). The molecule has 1 aliphatic heterocycles. The number of Topliss-reactive ketones (excluding diaryl/α,β-unsaturated/α-hetero) is 1. The van der Waals surface area contributed by atoms with Crippen LogP contribution in [0, 0.1) is 0 Å². The monoisotopic (exact) mass is 469 g/mol. The average Bonchev–Trinajstić information content (AvgIpc) is 3.44. The van der Waals surface area contributed by atoms with Gasteiger partial charge in [0.1, 0.15) is 5.75 Å². The van der Waals surface area contributed by atoms with E-state index in [4.69, 9.17) is 13.9 Å². The summed E-state index contributed by atoms with van der Waals surface area (Å²) in [5.74, 6) is -0.803. The maximum absolute atomic E-state index is 13.7. The van der Waals surface area contributed by atoms with Crippen LogP contribution in [0.4, 0.5) is 5.69 Å². The van der Waals surface area contributed by atoms with Crippen molar-refractivity contribution in [2.24, 2.45) is 0 Å². The number of methoxy groups -OCH3 is 1. The third kappa shape index (κ3) is 3.81.